The maximum Gasteiger partial charge on any atom is 0.0959 e. The van der Waals surface area contributed by atoms with Crippen LogP contribution in [0.4, 0.5) is 0 Å². The number of halogens is 1. The van der Waals surface area contributed by atoms with Gasteiger partial charge in [-0.1, -0.05) is 63.5 Å². The van der Waals surface area contributed by atoms with E-state index in [1.165, 1.54) is 38.5 Å². The highest BCUT2D eigenvalue weighted by atomic mass is 35.5. The number of aromatic nitrogens is 1. The van der Waals surface area contributed by atoms with Crippen molar-refractivity contribution in [3.05, 3.63) is 29.0 Å². The van der Waals surface area contributed by atoms with Gasteiger partial charge in [0.2, 0.25) is 0 Å². The molecule has 102 valence electrons. The zero-order valence-electron chi connectivity index (χ0n) is 11.2. The maximum absolute atomic E-state index is 9.95. The van der Waals surface area contributed by atoms with Crippen molar-refractivity contribution in [3.8, 4) is 0 Å². The van der Waals surface area contributed by atoms with Crippen molar-refractivity contribution in [1.29, 1.82) is 0 Å². The molecule has 1 aromatic rings. The first-order valence-corrected chi connectivity index (χ1v) is 7.41. The third-order valence-electron chi connectivity index (χ3n) is 3.17. The van der Waals surface area contributed by atoms with Crippen LogP contribution in [0.2, 0.25) is 5.02 Å². The molecule has 0 spiro atoms. The number of rotatable bonds is 9. The van der Waals surface area contributed by atoms with Crippen LogP contribution in [-0.4, -0.2) is 10.1 Å². The van der Waals surface area contributed by atoms with Gasteiger partial charge in [-0.2, -0.15) is 0 Å². The molecule has 1 aromatic heterocycles. The molecule has 0 saturated heterocycles. The molecule has 1 atom stereocenters. The highest BCUT2D eigenvalue weighted by molar-refractivity contribution is 6.30. The van der Waals surface area contributed by atoms with Crippen LogP contribution in [0.5, 0.6) is 0 Å². The average molecular weight is 270 g/mol. The van der Waals surface area contributed by atoms with E-state index in [4.69, 9.17) is 11.6 Å². The van der Waals surface area contributed by atoms with Gasteiger partial charge in [-0.3, -0.25) is 4.98 Å². The molecule has 1 unspecified atom stereocenters. The lowest BCUT2D eigenvalue weighted by molar-refractivity contribution is 0.158. The third kappa shape index (κ3) is 6.36. The van der Waals surface area contributed by atoms with Crippen LogP contribution in [0.25, 0.3) is 0 Å². The number of nitrogens with zero attached hydrogens (tertiary/aromatic N) is 1. The van der Waals surface area contributed by atoms with E-state index in [0.717, 1.165) is 18.5 Å². The molecule has 0 aliphatic heterocycles. The topological polar surface area (TPSA) is 33.1 Å². The van der Waals surface area contributed by atoms with Gasteiger partial charge in [-0.05, 0) is 18.6 Å². The van der Waals surface area contributed by atoms with Gasteiger partial charge in [-0.25, -0.2) is 0 Å². The van der Waals surface area contributed by atoms with Gasteiger partial charge in [0.05, 0.1) is 16.8 Å². The lowest BCUT2D eigenvalue weighted by atomic mass is 10.0. The van der Waals surface area contributed by atoms with E-state index in [1.54, 1.807) is 18.3 Å². The minimum atomic E-state index is -0.446. The fourth-order valence-corrected chi connectivity index (χ4v) is 2.14. The smallest absolute Gasteiger partial charge is 0.0959 e. The summed E-state index contributed by atoms with van der Waals surface area (Å²) in [6.45, 7) is 2.23. The molecule has 18 heavy (non-hydrogen) atoms. The van der Waals surface area contributed by atoms with Gasteiger partial charge >= 0.3 is 0 Å². The number of unbranched alkanes of at least 4 members (excludes halogenated alkanes) is 6. The highest BCUT2D eigenvalue weighted by Gasteiger charge is 2.08. The maximum atomic E-state index is 9.95. The second kappa shape index (κ2) is 9.35. The molecule has 0 aliphatic carbocycles. The monoisotopic (exact) mass is 269 g/mol. The van der Waals surface area contributed by atoms with Gasteiger partial charge in [0, 0.05) is 6.20 Å². The largest absolute Gasteiger partial charge is 0.387 e. The van der Waals surface area contributed by atoms with Crippen LogP contribution in [0.3, 0.4) is 0 Å². The fourth-order valence-electron chi connectivity index (χ4n) is 2.03. The molecular formula is C15H24ClNO. The van der Waals surface area contributed by atoms with Crippen molar-refractivity contribution < 1.29 is 5.11 Å². The van der Waals surface area contributed by atoms with Crippen LogP contribution in [0.15, 0.2) is 18.3 Å². The second-order valence-electron chi connectivity index (χ2n) is 4.83. The molecule has 0 aliphatic rings. The normalized spacial score (nSPS) is 12.6. The van der Waals surface area contributed by atoms with E-state index in [1.807, 2.05) is 0 Å². The Morgan fingerprint density at radius 2 is 1.78 bits per heavy atom. The summed E-state index contributed by atoms with van der Waals surface area (Å²) < 4.78 is 0. The molecular weight excluding hydrogens is 246 g/mol. The lowest BCUT2D eigenvalue weighted by Gasteiger charge is -2.09. The van der Waals surface area contributed by atoms with E-state index in [2.05, 4.69) is 11.9 Å². The molecule has 1 heterocycles. The SMILES string of the molecule is CCCCCCCCCC(O)c1ccc(Cl)cn1. The van der Waals surface area contributed by atoms with E-state index in [0.29, 0.717) is 5.02 Å². The van der Waals surface area contributed by atoms with E-state index in [9.17, 15) is 5.11 Å². The summed E-state index contributed by atoms with van der Waals surface area (Å²) in [5, 5.41) is 10.6. The predicted molar refractivity (Wildman–Crippen MR) is 76.8 cm³/mol. The molecule has 0 amide bonds. The summed E-state index contributed by atoms with van der Waals surface area (Å²) in [6.07, 6.45) is 10.8. The Kier molecular flexibility index (Phi) is 8.03. The molecule has 0 saturated carbocycles. The first-order chi connectivity index (χ1) is 8.74. The molecule has 0 radical (unpaired) electrons. The zero-order valence-corrected chi connectivity index (χ0v) is 12.0. The molecule has 0 bridgehead atoms. The number of aliphatic hydroxyl groups is 1. The summed E-state index contributed by atoms with van der Waals surface area (Å²) in [7, 11) is 0. The van der Waals surface area contributed by atoms with E-state index >= 15 is 0 Å². The van der Waals surface area contributed by atoms with Gasteiger partial charge in [-0.15, -0.1) is 0 Å². The average Bonchev–Trinajstić information content (AvgIpc) is 2.38. The Morgan fingerprint density at radius 1 is 1.11 bits per heavy atom. The third-order valence-corrected chi connectivity index (χ3v) is 3.40. The summed E-state index contributed by atoms with van der Waals surface area (Å²) in [5.41, 5.74) is 0.727. The second-order valence-corrected chi connectivity index (χ2v) is 5.26. The number of hydrogen-bond donors (Lipinski definition) is 1. The zero-order chi connectivity index (χ0) is 13.2. The van der Waals surface area contributed by atoms with Crippen molar-refractivity contribution >= 4 is 11.6 Å². The Labute approximate surface area is 115 Å². The summed E-state index contributed by atoms with van der Waals surface area (Å²) in [6, 6.07) is 3.58. The summed E-state index contributed by atoms with van der Waals surface area (Å²) >= 11 is 5.76. The molecule has 0 aromatic carbocycles. The van der Waals surface area contributed by atoms with Crippen molar-refractivity contribution in [2.45, 2.75) is 64.4 Å². The molecule has 1 N–H and O–H groups in total. The summed E-state index contributed by atoms with van der Waals surface area (Å²) in [5.74, 6) is 0. The van der Waals surface area contributed by atoms with Gasteiger partial charge < -0.3 is 5.11 Å². The van der Waals surface area contributed by atoms with Crippen LogP contribution in [0, 0.1) is 0 Å². The predicted octanol–water partition coefficient (Wildman–Crippen LogP) is 4.91. The van der Waals surface area contributed by atoms with Gasteiger partial charge in [0.1, 0.15) is 0 Å². The van der Waals surface area contributed by atoms with Gasteiger partial charge in [0.15, 0.2) is 0 Å². The number of pyridine rings is 1. The Morgan fingerprint density at radius 3 is 2.39 bits per heavy atom. The quantitative estimate of drug-likeness (QED) is 0.646. The molecule has 3 heteroatoms. The Hall–Kier alpha value is -0.600. The Bertz CT molecular complexity index is 313. The lowest BCUT2D eigenvalue weighted by Crippen LogP contribution is -1.99. The van der Waals surface area contributed by atoms with Crippen LogP contribution in [-0.2, 0) is 0 Å². The van der Waals surface area contributed by atoms with Crippen molar-refractivity contribution in [3.63, 3.8) is 0 Å². The van der Waals surface area contributed by atoms with Crippen molar-refractivity contribution in [1.82, 2.24) is 4.98 Å². The first-order valence-electron chi connectivity index (χ1n) is 7.03. The molecule has 0 fully saturated rings. The van der Waals surface area contributed by atoms with E-state index in [-0.39, 0.29) is 0 Å². The van der Waals surface area contributed by atoms with Crippen molar-refractivity contribution in [2.75, 3.05) is 0 Å². The number of aliphatic hydroxyl groups excluding tert-OH is 1. The molecule has 2 nitrogen and oxygen atoms in total. The van der Waals surface area contributed by atoms with Crippen LogP contribution < -0.4 is 0 Å². The van der Waals surface area contributed by atoms with Gasteiger partial charge in [0.25, 0.3) is 0 Å². The highest BCUT2D eigenvalue weighted by Crippen LogP contribution is 2.19. The summed E-state index contributed by atoms with van der Waals surface area (Å²) in [4.78, 5) is 4.14. The Balaban J connectivity index is 2.10. The van der Waals surface area contributed by atoms with Crippen LogP contribution >= 0.6 is 11.6 Å². The first kappa shape index (κ1) is 15.5. The molecule has 1 rings (SSSR count). The number of hydrogen-bond acceptors (Lipinski definition) is 2. The minimum Gasteiger partial charge on any atom is -0.387 e. The van der Waals surface area contributed by atoms with E-state index < -0.39 is 6.10 Å². The minimum absolute atomic E-state index is 0.446. The fraction of sp³-hybridized carbons (Fsp3) is 0.667. The standard InChI is InChI=1S/C15H24ClNO/c1-2-3-4-5-6-7-8-9-15(18)14-11-10-13(16)12-17-14/h10-12,15,18H,2-9H2,1H3. The van der Waals surface area contributed by atoms with Crippen molar-refractivity contribution in [2.24, 2.45) is 0 Å². The van der Waals surface area contributed by atoms with Crippen LogP contribution in [0.1, 0.15) is 70.1 Å².